The SMILES string of the molecule is CCOC(=O)Cn1nnnc1-c1ccccc1C=CC(=O)CC(=O)C=Cc1ccc(O)cc1. The van der Waals surface area contributed by atoms with Crippen LogP contribution < -0.4 is 0 Å². The highest BCUT2D eigenvalue weighted by atomic mass is 16.5. The van der Waals surface area contributed by atoms with Crippen LogP contribution in [0.5, 0.6) is 5.75 Å². The van der Waals surface area contributed by atoms with Crippen LogP contribution in [0.15, 0.2) is 60.7 Å². The highest BCUT2D eigenvalue weighted by molar-refractivity contribution is 6.11. The molecule has 0 aliphatic rings. The fraction of sp³-hybridized carbons (Fsp3) is 0.167. The van der Waals surface area contributed by atoms with Crippen molar-refractivity contribution in [2.45, 2.75) is 19.9 Å². The summed E-state index contributed by atoms with van der Waals surface area (Å²) in [6, 6.07) is 13.5. The maximum atomic E-state index is 12.3. The number of aromatic nitrogens is 4. The molecule has 0 aliphatic carbocycles. The Morgan fingerprint density at radius 1 is 1.00 bits per heavy atom. The van der Waals surface area contributed by atoms with E-state index in [1.54, 1.807) is 55.5 Å². The third-order valence-corrected chi connectivity index (χ3v) is 4.47. The summed E-state index contributed by atoms with van der Waals surface area (Å²) in [5.41, 5.74) is 2.01. The van der Waals surface area contributed by atoms with Gasteiger partial charge in [-0.3, -0.25) is 14.4 Å². The molecule has 0 bridgehead atoms. The van der Waals surface area contributed by atoms with E-state index in [2.05, 4.69) is 15.5 Å². The summed E-state index contributed by atoms with van der Waals surface area (Å²) in [5, 5.41) is 20.7. The molecular weight excluding hydrogens is 424 g/mol. The Kier molecular flexibility index (Phi) is 7.96. The maximum absolute atomic E-state index is 12.3. The molecule has 9 heteroatoms. The molecule has 0 amide bonds. The van der Waals surface area contributed by atoms with Gasteiger partial charge in [-0.15, -0.1) is 5.10 Å². The van der Waals surface area contributed by atoms with E-state index >= 15 is 0 Å². The molecule has 1 aromatic heterocycles. The molecule has 168 valence electrons. The van der Waals surface area contributed by atoms with E-state index < -0.39 is 5.97 Å². The molecule has 1 heterocycles. The molecule has 33 heavy (non-hydrogen) atoms. The first kappa shape index (κ1) is 23.3. The summed E-state index contributed by atoms with van der Waals surface area (Å²) in [5.74, 6) is -0.688. The monoisotopic (exact) mass is 446 g/mol. The number of aromatic hydroxyl groups is 1. The van der Waals surface area contributed by atoms with Crippen LogP contribution in [0, 0.1) is 0 Å². The number of phenols is 1. The van der Waals surface area contributed by atoms with Crippen molar-refractivity contribution in [3.05, 3.63) is 71.8 Å². The first-order valence-corrected chi connectivity index (χ1v) is 10.2. The fourth-order valence-corrected chi connectivity index (χ4v) is 2.93. The number of benzene rings is 2. The number of tetrazole rings is 1. The second-order valence-electron chi connectivity index (χ2n) is 6.92. The minimum absolute atomic E-state index is 0.133. The van der Waals surface area contributed by atoms with E-state index in [9.17, 15) is 19.5 Å². The normalized spacial score (nSPS) is 11.2. The van der Waals surface area contributed by atoms with Crippen LogP contribution in [-0.2, 0) is 25.7 Å². The number of ether oxygens (including phenoxy) is 1. The van der Waals surface area contributed by atoms with Gasteiger partial charge in [-0.2, -0.15) is 0 Å². The molecule has 0 radical (unpaired) electrons. The molecule has 0 spiro atoms. The molecule has 0 atom stereocenters. The van der Waals surface area contributed by atoms with Gasteiger partial charge in [-0.05, 0) is 52.8 Å². The quantitative estimate of drug-likeness (QED) is 0.286. The molecule has 3 aromatic rings. The van der Waals surface area contributed by atoms with Gasteiger partial charge in [-0.1, -0.05) is 48.6 Å². The van der Waals surface area contributed by atoms with E-state index in [0.29, 0.717) is 17.0 Å². The van der Waals surface area contributed by atoms with Gasteiger partial charge in [0.1, 0.15) is 12.3 Å². The van der Waals surface area contributed by atoms with Crippen molar-refractivity contribution in [2.75, 3.05) is 6.61 Å². The first-order chi connectivity index (χ1) is 16.0. The average molecular weight is 446 g/mol. The minimum atomic E-state index is -0.465. The van der Waals surface area contributed by atoms with E-state index in [1.807, 2.05) is 0 Å². The topological polar surface area (TPSA) is 124 Å². The number of ketones is 2. The van der Waals surface area contributed by atoms with Gasteiger partial charge < -0.3 is 9.84 Å². The summed E-state index contributed by atoms with van der Waals surface area (Å²) in [6.45, 7) is 1.82. The molecule has 0 saturated carbocycles. The van der Waals surface area contributed by atoms with Crippen LogP contribution in [0.3, 0.4) is 0 Å². The second kappa shape index (κ2) is 11.3. The Balaban J connectivity index is 1.68. The van der Waals surface area contributed by atoms with Crippen molar-refractivity contribution >= 4 is 29.7 Å². The summed E-state index contributed by atoms with van der Waals surface area (Å²) < 4.78 is 6.27. The molecule has 0 fully saturated rings. The number of rotatable bonds is 10. The van der Waals surface area contributed by atoms with Crippen molar-refractivity contribution < 1.29 is 24.2 Å². The van der Waals surface area contributed by atoms with Gasteiger partial charge in [0.15, 0.2) is 17.4 Å². The first-order valence-electron chi connectivity index (χ1n) is 10.2. The van der Waals surface area contributed by atoms with Crippen molar-refractivity contribution in [3.63, 3.8) is 0 Å². The van der Waals surface area contributed by atoms with Crippen LogP contribution in [-0.4, -0.2) is 49.5 Å². The van der Waals surface area contributed by atoms with E-state index in [4.69, 9.17) is 4.74 Å². The third kappa shape index (κ3) is 6.79. The Morgan fingerprint density at radius 2 is 1.70 bits per heavy atom. The van der Waals surface area contributed by atoms with Crippen LogP contribution in [0.2, 0.25) is 0 Å². The fourth-order valence-electron chi connectivity index (χ4n) is 2.93. The zero-order valence-electron chi connectivity index (χ0n) is 17.9. The molecule has 0 saturated heterocycles. The lowest BCUT2D eigenvalue weighted by atomic mass is 10.0. The van der Waals surface area contributed by atoms with Crippen LogP contribution in [0.4, 0.5) is 0 Å². The Morgan fingerprint density at radius 3 is 2.42 bits per heavy atom. The van der Waals surface area contributed by atoms with E-state index in [1.165, 1.54) is 29.0 Å². The van der Waals surface area contributed by atoms with Gasteiger partial charge in [0.25, 0.3) is 0 Å². The summed E-state index contributed by atoms with van der Waals surface area (Å²) in [6.07, 6.45) is 5.53. The molecule has 0 unspecified atom stereocenters. The van der Waals surface area contributed by atoms with Gasteiger partial charge in [0.2, 0.25) is 0 Å². The lowest BCUT2D eigenvalue weighted by Crippen LogP contribution is -2.15. The van der Waals surface area contributed by atoms with E-state index in [-0.39, 0.29) is 36.9 Å². The Hall–Kier alpha value is -4.40. The van der Waals surface area contributed by atoms with Crippen molar-refractivity contribution in [3.8, 4) is 17.1 Å². The minimum Gasteiger partial charge on any atom is -0.508 e. The number of esters is 1. The number of carbonyl (C=O) groups excluding carboxylic acids is 3. The lowest BCUT2D eigenvalue weighted by molar-refractivity contribution is -0.144. The number of phenolic OH excluding ortho intramolecular Hbond substituents is 1. The van der Waals surface area contributed by atoms with E-state index in [0.717, 1.165) is 5.56 Å². The van der Waals surface area contributed by atoms with Crippen molar-refractivity contribution in [2.24, 2.45) is 0 Å². The maximum Gasteiger partial charge on any atom is 0.327 e. The lowest BCUT2D eigenvalue weighted by Gasteiger charge is -2.07. The highest BCUT2D eigenvalue weighted by Gasteiger charge is 2.15. The summed E-state index contributed by atoms with van der Waals surface area (Å²) in [4.78, 5) is 36.2. The standard InChI is InChI=1S/C24H22N4O5/c1-2-33-23(32)16-28-24(25-26-27-28)22-6-4-3-5-18(22)10-14-21(31)15-20(30)13-9-17-7-11-19(29)12-8-17/h3-14,29H,2,15-16H2,1H3. The predicted molar refractivity (Wildman–Crippen MR) is 121 cm³/mol. The number of carbonyl (C=O) groups is 3. The molecule has 1 N–H and O–H groups in total. The van der Waals surface area contributed by atoms with Gasteiger partial charge in [0.05, 0.1) is 13.0 Å². The van der Waals surface area contributed by atoms with Gasteiger partial charge >= 0.3 is 5.97 Å². The predicted octanol–water partition coefficient (Wildman–Crippen LogP) is 2.86. The molecule has 0 aliphatic heterocycles. The zero-order valence-corrected chi connectivity index (χ0v) is 17.9. The number of nitrogens with zero attached hydrogens (tertiary/aromatic N) is 4. The number of hydrogen-bond acceptors (Lipinski definition) is 8. The van der Waals surface area contributed by atoms with Crippen LogP contribution in [0.1, 0.15) is 24.5 Å². The zero-order chi connectivity index (χ0) is 23.6. The molecule has 2 aromatic carbocycles. The summed E-state index contributed by atoms with van der Waals surface area (Å²) in [7, 11) is 0. The molecule has 3 rings (SSSR count). The smallest absolute Gasteiger partial charge is 0.327 e. The molecule has 9 nitrogen and oxygen atoms in total. The Labute approximate surface area is 190 Å². The number of hydrogen-bond donors (Lipinski definition) is 1. The summed E-state index contributed by atoms with van der Waals surface area (Å²) >= 11 is 0. The van der Waals surface area contributed by atoms with Crippen molar-refractivity contribution in [1.82, 2.24) is 20.2 Å². The highest BCUT2D eigenvalue weighted by Crippen LogP contribution is 2.22. The Bertz CT molecular complexity index is 1200. The number of allylic oxidation sites excluding steroid dienone is 2. The van der Waals surface area contributed by atoms with Gasteiger partial charge in [-0.25, -0.2) is 4.68 Å². The van der Waals surface area contributed by atoms with Crippen LogP contribution in [0.25, 0.3) is 23.5 Å². The molecular formula is C24H22N4O5. The van der Waals surface area contributed by atoms with Gasteiger partial charge in [0, 0.05) is 5.56 Å². The largest absolute Gasteiger partial charge is 0.508 e. The second-order valence-corrected chi connectivity index (χ2v) is 6.92. The van der Waals surface area contributed by atoms with Crippen molar-refractivity contribution in [1.29, 1.82) is 0 Å². The average Bonchev–Trinajstić information content (AvgIpc) is 3.25. The third-order valence-electron chi connectivity index (χ3n) is 4.47. The van der Waals surface area contributed by atoms with Crippen LogP contribution >= 0.6 is 0 Å².